The van der Waals surface area contributed by atoms with E-state index in [-0.39, 0.29) is 6.10 Å². The molecule has 1 N–H and O–H groups in total. The van der Waals surface area contributed by atoms with Gasteiger partial charge in [0, 0.05) is 13.1 Å². The van der Waals surface area contributed by atoms with Crippen molar-refractivity contribution in [2.24, 2.45) is 5.92 Å². The highest BCUT2D eigenvalue weighted by atomic mass is 16.3. The minimum Gasteiger partial charge on any atom is -0.392 e. The molecule has 0 aromatic carbocycles. The fourth-order valence-corrected chi connectivity index (χ4v) is 1.62. The number of rotatable bonds is 7. The lowest BCUT2D eigenvalue weighted by Gasteiger charge is -2.26. The van der Waals surface area contributed by atoms with Crippen molar-refractivity contribution < 1.29 is 5.11 Å². The molecule has 0 aliphatic heterocycles. The Morgan fingerprint density at radius 3 is 1.92 bits per heavy atom. The van der Waals surface area contributed by atoms with Crippen LogP contribution in [0.5, 0.6) is 0 Å². The molecule has 2 heteroatoms. The first-order chi connectivity index (χ1) is 6.13. The van der Waals surface area contributed by atoms with Crippen LogP contribution in [0.1, 0.15) is 40.5 Å². The molecule has 0 saturated carbocycles. The van der Waals surface area contributed by atoms with Crippen LogP contribution in [0.4, 0.5) is 0 Å². The number of hydrogen-bond donors (Lipinski definition) is 1. The summed E-state index contributed by atoms with van der Waals surface area (Å²) in [6.45, 7) is 11.5. The topological polar surface area (TPSA) is 23.5 Å². The molecule has 0 aromatic rings. The predicted octanol–water partition coefficient (Wildman–Crippen LogP) is 2.13. The number of aliphatic hydroxyl groups is 1. The summed E-state index contributed by atoms with van der Waals surface area (Å²) in [7, 11) is 0. The van der Waals surface area contributed by atoms with E-state index < -0.39 is 0 Å². The average molecular weight is 187 g/mol. The van der Waals surface area contributed by atoms with Crippen molar-refractivity contribution in [3.8, 4) is 0 Å². The Hall–Kier alpha value is -0.0800. The van der Waals surface area contributed by atoms with Gasteiger partial charge < -0.3 is 10.0 Å². The Kier molecular flexibility index (Phi) is 7.29. The molecular weight excluding hydrogens is 162 g/mol. The zero-order valence-electron chi connectivity index (χ0n) is 9.58. The maximum atomic E-state index is 9.27. The van der Waals surface area contributed by atoms with Gasteiger partial charge in [0.05, 0.1) is 6.10 Å². The van der Waals surface area contributed by atoms with Gasteiger partial charge in [-0.25, -0.2) is 0 Å². The van der Waals surface area contributed by atoms with E-state index in [1.54, 1.807) is 0 Å². The van der Waals surface area contributed by atoms with Crippen LogP contribution in [-0.4, -0.2) is 35.7 Å². The standard InChI is InChI=1S/C11H25NO/c1-5-11(6-2)9-12(7-3)8-10(4)13/h10-11,13H,5-9H2,1-4H3/t10-/m0/s1. The van der Waals surface area contributed by atoms with Crippen LogP contribution >= 0.6 is 0 Å². The van der Waals surface area contributed by atoms with Gasteiger partial charge in [0.1, 0.15) is 0 Å². The molecule has 0 aromatic heterocycles. The predicted molar refractivity (Wildman–Crippen MR) is 57.9 cm³/mol. The Bertz CT molecular complexity index is 111. The molecule has 2 nitrogen and oxygen atoms in total. The van der Waals surface area contributed by atoms with E-state index in [1.165, 1.54) is 12.8 Å². The molecule has 0 radical (unpaired) electrons. The molecule has 0 aliphatic carbocycles. The molecule has 0 heterocycles. The van der Waals surface area contributed by atoms with Crippen LogP contribution in [0.2, 0.25) is 0 Å². The van der Waals surface area contributed by atoms with E-state index in [2.05, 4.69) is 25.7 Å². The van der Waals surface area contributed by atoms with Crippen LogP contribution in [0, 0.1) is 5.92 Å². The number of hydrogen-bond acceptors (Lipinski definition) is 2. The molecule has 0 unspecified atom stereocenters. The highest BCUT2D eigenvalue weighted by molar-refractivity contribution is 4.65. The minimum absolute atomic E-state index is 0.200. The second kappa shape index (κ2) is 7.34. The molecule has 1 atom stereocenters. The quantitative estimate of drug-likeness (QED) is 0.660. The van der Waals surface area contributed by atoms with Crippen LogP contribution < -0.4 is 0 Å². The largest absolute Gasteiger partial charge is 0.392 e. The molecule has 0 saturated heterocycles. The molecule has 0 fully saturated rings. The lowest BCUT2D eigenvalue weighted by molar-refractivity contribution is 0.117. The van der Waals surface area contributed by atoms with Gasteiger partial charge in [0.15, 0.2) is 0 Å². The molecule has 0 aliphatic rings. The lowest BCUT2D eigenvalue weighted by atomic mass is 10.0. The third-order valence-corrected chi connectivity index (χ3v) is 2.64. The Labute approximate surface area is 82.9 Å². The first-order valence-corrected chi connectivity index (χ1v) is 5.54. The minimum atomic E-state index is -0.200. The van der Waals surface area contributed by atoms with Crippen molar-refractivity contribution in [2.75, 3.05) is 19.6 Å². The fourth-order valence-electron chi connectivity index (χ4n) is 1.62. The maximum absolute atomic E-state index is 9.27. The van der Waals surface area contributed by atoms with Gasteiger partial charge in [-0.2, -0.15) is 0 Å². The van der Waals surface area contributed by atoms with Crippen molar-refractivity contribution in [1.29, 1.82) is 0 Å². The molecule has 0 spiro atoms. The van der Waals surface area contributed by atoms with Crippen molar-refractivity contribution in [2.45, 2.75) is 46.6 Å². The summed E-state index contributed by atoms with van der Waals surface area (Å²) in [5, 5.41) is 9.27. The lowest BCUT2D eigenvalue weighted by Crippen LogP contribution is -2.34. The van der Waals surface area contributed by atoms with E-state index in [1.807, 2.05) is 6.92 Å². The second-order valence-electron chi connectivity index (χ2n) is 3.88. The Morgan fingerprint density at radius 1 is 1.08 bits per heavy atom. The van der Waals surface area contributed by atoms with E-state index in [0.717, 1.165) is 25.6 Å². The summed E-state index contributed by atoms with van der Waals surface area (Å²) in [6, 6.07) is 0. The van der Waals surface area contributed by atoms with Gasteiger partial charge in [-0.05, 0) is 19.4 Å². The van der Waals surface area contributed by atoms with Gasteiger partial charge >= 0.3 is 0 Å². The molecule has 0 amide bonds. The average Bonchev–Trinajstić information content (AvgIpc) is 2.11. The SMILES string of the molecule is CCC(CC)CN(CC)C[C@H](C)O. The summed E-state index contributed by atoms with van der Waals surface area (Å²) < 4.78 is 0. The van der Waals surface area contributed by atoms with Crippen molar-refractivity contribution in [3.63, 3.8) is 0 Å². The zero-order chi connectivity index (χ0) is 10.3. The molecule has 0 bridgehead atoms. The van der Waals surface area contributed by atoms with E-state index in [9.17, 15) is 5.11 Å². The molecule has 0 rings (SSSR count). The Morgan fingerprint density at radius 2 is 1.62 bits per heavy atom. The molecule has 80 valence electrons. The first-order valence-electron chi connectivity index (χ1n) is 5.54. The van der Waals surface area contributed by atoms with Crippen molar-refractivity contribution >= 4 is 0 Å². The third-order valence-electron chi connectivity index (χ3n) is 2.64. The fraction of sp³-hybridized carbons (Fsp3) is 1.00. The number of aliphatic hydroxyl groups excluding tert-OH is 1. The normalized spacial score (nSPS) is 14.1. The van der Waals surface area contributed by atoms with Crippen LogP contribution in [0.25, 0.3) is 0 Å². The number of nitrogens with zero attached hydrogens (tertiary/aromatic N) is 1. The summed E-state index contributed by atoms with van der Waals surface area (Å²) in [5.41, 5.74) is 0. The zero-order valence-corrected chi connectivity index (χ0v) is 9.58. The summed E-state index contributed by atoms with van der Waals surface area (Å²) in [5.74, 6) is 0.790. The summed E-state index contributed by atoms with van der Waals surface area (Å²) in [6.07, 6.45) is 2.29. The number of likely N-dealkylation sites (N-methyl/N-ethyl adjacent to an activating group) is 1. The highest BCUT2D eigenvalue weighted by Crippen LogP contribution is 2.09. The van der Waals surface area contributed by atoms with Gasteiger partial charge in [-0.1, -0.05) is 33.6 Å². The first kappa shape index (κ1) is 12.9. The second-order valence-corrected chi connectivity index (χ2v) is 3.88. The van der Waals surface area contributed by atoms with Crippen molar-refractivity contribution in [3.05, 3.63) is 0 Å². The van der Waals surface area contributed by atoms with E-state index in [4.69, 9.17) is 0 Å². The maximum Gasteiger partial charge on any atom is 0.0639 e. The Balaban J connectivity index is 3.80. The molecular formula is C11H25NO. The highest BCUT2D eigenvalue weighted by Gasteiger charge is 2.11. The van der Waals surface area contributed by atoms with Gasteiger partial charge in [-0.3, -0.25) is 0 Å². The van der Waals surface area contributed by atoms with E-state index >= 15 is 0 Å². The summed E-state index contributed by atoms with van der Waals surface area (Å²) >= 11 is 0. The third kappa shape index (κ3) is 6.05. The van der Waals surface area contributed by atoms with Gasteiger partial charge in [0.2, 0.25) is 0 Å². The molecule has 13 heavy (non-hydrogen) atoms. The van der Waals surface area contributed by atoms with Gasteiger partial charge in [0.25, 0.3) is 0 Å². The summed E-state index contributed by atoms with van der Waals surface area (Å²) in [4.78, 5) is 2.34. The van der Waals surface area contributed by atoms with E-state index in [0.29, 0.717) is 0 Å². The van der Waals surface area contributed by atoms with Crippen LogP contribution in [0.15, 0.2) is 0 Å². The van der Waals surface area contributed by atoms with Crippen LogP contribution in [-0.2, 0) is 0 Å². The van der Waals surface area contributed by atoms with Crippen molar-refractivity contribution in [1.82, 2.24) is 4.90 Å². The monoisotopic (exact) mass is 187 g/mol. The van der Waals surface area contributed by atoms with Crippen LogP contribution in [0.3, 0.4) is 0 Å². The van der Waals surface area contributed by atoms with Gasteiger partial charge in [-0.15, -0.1) is 0 Å². The smallest absolute Gasteiger partial charge is 0.0639 e.